The molecule has 0 aliphatic carbocycles. The van der Waals surface area contributed by atoms with Gasteiger partial charge in [-0.1, -0.05) is 0 Å². The number of aryl methyl sites for hydroxylation is 2. The zero-order chi connectivity index (χ0) is 11.7. The van der Waals surface area contributed by atoms with Gasteiger partial charge in [-0.25, -0.2) is 14.1 Å². The summed E-state index contributed by atoms with van der Waals surface area (Å²) in [5.74, 6) is 1.06. The maximum absolute atomic E-state index is 13.1. The van der Waals surface area contributed by atoms with E-state index in [9.17, 15) is 4.39 Å². The Morgan fingerprint density at radius 2 is 2.19 bits per heavy atom. The molecule has 0 saturated heterocycles. The van der Waals surface area contributed by atoms with Crippen molar-refractivity contribution in [1.82, 2.24) is 14.8 Å². The fourth-order valence-corrected chi connectivity index (χ4v) is 1.56. The lowest BCUT2D eigenvalue weighted by molar-refractivity contribution is 0.618. The van der Waals surface area contributed by atoms with Gasteiger partial charge in [0.1, 0.15) is 5.82 Å². The van der Waals surface area contributed by atoms with Crippen molar-refractivity contribution in [2.45, 2.75) is 13.5 Å². The van der Waals surface area contributed by atoms with E-state index in [1.807, 2.05) is 0 Å². The number of hydrogen-bond acceptors (Lipinski definition) is 3. The normalized spacial score (nSPS) is 10.8. The van der Waals surface area contributed by atoms with E-state index in [2.05, 4.69) is 10.1 Å². The van der Waals surface area contributed by atoms with Crippen LogP contribution in [0.5, 0.6) is 0 Å². The molecule has 4 nitrogen and oxygen atoms in total. The van der Waals surface area contributed by atoms with Gasteiger partial charge in [-0.2, -0.15) is 5.10 Å². The lowest BCUT2D eigenvalue weighted by Crippen LogP contribution is -1.99. The molecule has 0 unspecified atom stereocenters. The lowest BCUT2D eigenvalue weighted by atomic mass is 10.1. The Balaban J connectivity index is 2.49. The SMILES string of the molecule is Cc1cc(-c2nc(CN)nn2C)ccc1F. The second-order valence-electron chi connectivity index (χ2n) is 3.64. The fraction of sp³-hybridized carbons (Fsp3) is 0.273. The molecule has 1 heterocycles. The lowest BCUT2D eigenvalue weighted by Gasteiger charge is -2.02. The van der Waals surface area contributed by atoms with Crippen LogP contribution in [0.15, 0.2) is 18.2 Å². The first-order valence-corrected chi connectivity index (χ1v) is 4.98. The second-order valence-corrected chi connectivity index (χ2v) is 3.64. The maximum atomic E-state index is 13.1. The molecule has 0 spiro atoms. The molecule has 2 N–H and O–H groups in total. The van der Waals surface area contributed by atoms with E-state index in [0.717, 1.165) is 5.56 Å². The summed E-state index contributed by atoms with van der Waals surface area (Å²) in [5.41, 5.74) is 6.90. The van der Waals surface area contributed by atoms with Gasteiger partial charge >= 0.3 is 0 Å². The zero-order valence-electron chi connectivity index (χ0n) is 9.24. The van der Waals surface area contributed by atoms with Gasteiger partial charge < -0.3 is 5.73 Å². The van der Waals surface area contributed by atoms with Crippen LogP contribution >= 0.6 is 0 Å². The van der Waals surface area contributed by atoms with E-state index in [4.69, 9.17) is 5.73 Å². The zero-order valence-corrected chi connectivity index (χ0v) is 9.24. The number of halogens is 1. The highest BCUT2D eigenvalue weighted by atomic mass is 19.1. The molecule has 5 heteroatoms. The van der Waals surface area contributed by atoms with E-state index in [1.54, 1.807) is 30.8 Å². The van der Waals surface area contributed by atoms with Crippen molar-refractivity contribution >= 4 is 0 Å². The summed E-state index contributed by atoms with van der Waals surface area (Å²) >= 11 is 0. The van der Waals surface area contributed by atoms with E-state index in [1.165, 1.54) is 6.07 Å². The summed E-state index contributed by atoms with van der Waals surface area (Å²) in [4.78, 5) is 4.27. The van der Waals surface area contributed by atoms with Gasteiger partial charge in [0.25, 0.3) is 0 Å². The van der Waals surface area contributed by atoms with Gasteiger partial charge in [0.05, 0.1) is 6.54 Å². The molecule has 0 saturated carbocycles. The largest absolute Gasteiger partial charge is 0.324 e. The third-order valence-electron chi connectivity index (χ3n) is 2.41. The number of rotatable bonds is 2. The van der Waals surface area contributed by atoms with Crippen LogP contribution in [0.3, 0.4) is 0 Å². The molecule has 16 heavy (non-hydrogen) atoms. The Morgan fingerprint density at radius 1 is 1.44 bits per heavy atom. The topological polar surface area (TPSA) is 56.7 Å². The standard InChI is InChI=1S/C11H13FN4/c1-7-5-8(3-4-9(7)12)11-14-10(6-13)15-16(11)2/h3-5H,6,13H2,1-2H3. The first kappa shape index (κ1) is 10.8. The first-order chi connectivity index (χ1) is 7.61. The minimum absolute atomic E-state index is 0.218. The van der Waals surface area contributed by atoms with Gasteiger partial charge in [0.2, 0.25) is 0 Å². The van der Waals surface area contributed by atoms with Crippen LogP contribution in [0.2, 0.25) is 0 Å². The number of hydrogen-bond donors (Lipinski definition) is 1. The average molecular weight is 220 g/mol. The molecule has 0 atom stereocenters. The van der Waals surface area contributed by atoms with Gasteiger partial charge in [0, 0.05) is 12.6 Å². The monoisotopic (exact) mass is 220 g/mol. The molecule has 84 valence electrons. The average Bonchev–Trinajstić information content (AvgIpc) is 2.64. The van der Waals surface area contributed by atoms with Crippen LogP contribution in [0, 0.1) is 12.7 Å². The summed E-state index contributed by atoms with van der Waals surface area (Å²) in [7, 11) is 1.79. The fourth-order valence-electron chi connectivity index (χ4n) is 1.56. The molecular formula is C11H13FN4. The van der Waals surface area contributed by atoms with Crippen molar-refractivity contribution in [1.29, 1.82) is 0 Å². The molecule has 0 aliphatic heterocycles. The summed E-state index contributed by atoms with van der Waals surface area (Å²) < 4.78 is 14.8. The van der Waals surface area contributed by atoms with E-state index in [-0.39, 0.29) is 5.82 Å². The maximum Gasteiger partial charge on any atom is 0.164 e. The molecule has 0 fully saturated rings. The van der Waals surface area contributed by atoms with Crippen LogP contribution in [0.4, 0.5) is 4.39 Å². The quantitative estimate of drug-likeness (QED) is 0.832. The van der Waals surface area contributed by atoms with Gasteiger partial charge in [-0.05, 0) is 30.7 Å². The molecule has 0 amide bonds. The van der Waals surface area contributed by atoms with Crippen molar-refractivity contribution in [3.8, 4) is 11.4 Å². The number of benzene rings is 1. The van der Waals surface area contributed by atoms with Crippen LogP contribution < -0.4 is 5.73 Å². The highest BCUT2D eigenvalue weighted by molar-refractivity contribution is 5.56. The third-order valence-corrected chi connectivity index (χ3v) is 2.41. The Kier molecular flexibility index (Phi) is 2.70. The molecular weight excluding hydrogens is 207 g/mol. The Hall–Kier alpha value is -1.75. The summed E-state index contributed by atoms with van der Waals surface area (Å²) in [6.45, 7) is 2.02. The van der Waals surface area contributed by atoms with Crippen LogP contribution in [0.1, 0.15) is 11.4 Å². The van der Waals surface area contributed by atoms with Crippen molar-refractivity contribution in [3.05, 3.63) is 35.4 Å². The molecule has 0 bridgehead atoms. The van der Waals surface area contributed by atoms with Crippen LogP contribution in [-0.4, -0.2) is 14.8 Å². The summed E-state index contributed by atoms with van der Waals surface area (Å²) in [6, 6.07) is 4.87. The molecule has 1 aromatic heterocycles. The molecule has 2 rings (SSSR count). The minimum atomic E-state index is -0.218. The van der Waals surface area contributed by atoms with Gasteiger partial charge in [-0.3, -0.25) is 0 Å². The predicted octanol–water partition coefficient (Wildman–Crippen LogP) is 1.39. The Bertz CT molecular complexity index is 519. The summed E-state index contributed by atoms with van der Waals surface area (Å²) in [5, 5.41) is 4.14. The molecule has 0 radical (unpaired) electrons. The van der Waals surface area contributed by atoms with Crippen LogP contribution in [-0.2, 0) is 13.6 Å². The Labute approximate surface area is 92.9 Å². The molecule has 0 aliphatic rings. The molecule has 1 aromatic carbocycles. The highest BCUT2D eigenvalue weighted by Gasteiger charge is 2.09. The van der Waals surface area contributed by atoms with Crippen molar-refractivity contribution < 1.29 is 4.39 Å². The van der Waals surface area contributed by atoms with E-state index < -0.39 is 0 Å². The van der Waals surface area contributed by atoms with Crippen molar-refractivity contribution in [3.63, 3.8) is 0 Å². The number of nitrogens with two attached hydrogens (primary N) is 1. The second kappa shape index (κ2) is 4.02. The van der Waals surface area contributed by atoms with Crippen molar-refractivity contribution in [2.75, 3.05) is 0 Å². The van der Waals surface area contributed by atoms with Gasteiger partial charge in [0.15, 0.2) is 11.6 Å². The van der Waals surface area contributed by atoms with Crippen molar-refractivity contribution in [2.24, 2.45) is 12.8 Å². The van der Waals surface area contributed by atoms with Crippen LogP contribution in [0.25, 0.3) is 11.4 Å². The van der Waals surface area contributed by atoms with Gasteiger partial charge in [-0.15, -0.1) is 0 Å². The number of aromatic nitrogens is 3. The third kappa shape index (κ3) is 1.81. The minimum Gasteiger partial charge on any atom is -0.324 e. The Morgan fingerprint density at radius 3 is 2.75 bits per heavy atom. The number of nitrogens with zero attached hydrogens (tertiary/aromatic N) is 3. The predicted molar refractivity (Wildman–Crippen MR) is 59.0 cm³/mol. The molecule has 2 aromatic rings. The van der Waals surface area contributed by atoms with E-state index in [0.29, 0.717) is 23.8 Å². The smallest absolute Gasteiger partial charge is 0.164 e. The van der Waals surface area contributed by atoms with E-state index >= 15 is 0 Å². The first-order valence-electron chi connectivity index (χ1n) is 4.98. The summed E-state index contributed by atoms with van der Waals surface area (Å²) in [6.07, 6.45) is 0. The highest BCUT2D eigenvalue weighted by Crippen LogP contribution is 2.19.